The highest BCUT2D eigenvalue weighted by Gasteiger charge is 2.27. The first kappa shape index (κ1) is 15.0. The van der Waals surface area contributed by atoms with E-state index < -0.39 is 0 Å². The van der Waals surface area contributed by atoms with E-state index in [9.17, 15) is 5.11 Å². The van der Waals surface area contributed by atoms with Gasteiger partial charge in [0.15, 0.2) is 0 Å². The Kier molecular flexibility index (Phi) is 4.77. The number of aromatic nitrogens is 2. The van der Waals surface area contributed by atoms with Crippen LogP contribution in [0.2, 0.25) is 0 Å². The summed E-state index contributed by atoms with van der Waals surface area (Å²) in [4.78, 5) is 9.04. The first-order chi connectivity index (χ1) is 9.56. The Bertz CT molecular complexity index is 463. The van der Waals surface area contributed by atoms with Crippen LogP contribution in [0.25, 0.3) is 0 Å². The Morgan fingerprint density at radius 1 is 1.30 bits per heavy atom. The van der Waals surface area contributed by atoms with Crippen molar-refractivity contribution in [2.24, 2.45) is 11.8 Å². The number of nitrogens with zero attached hydrogens (tertiary/aromatic N) is 2. The molecular formula is C14H25N5O. The number of hydrogen-bond donors (Lipinski definition) is 4. The topological polar surface area (TPSA) is 96.1 Å². The number of anilines is 2. The van der Waals surface area contributed by atoms with E-state index in [4.69, 9.17) is 5.84 Å². The molecule has 1 aliphatic carbocycles. The average molecular weight is 279 g/mol. The molecule has 1 fully saturated rings. The lowest BCUT2D eigenvalue weighted by Gasteiger charge is -2.22. The van der Waals surface area contributed by atoms with Crippen LogP contribution in [0.15, 0.2) is 0 Å². The minimum Gasteiger partial charge on any atom is -0.396 e. The monoisotopic (exact) mass is 279 g/mol. The molecule has 1 aliphatic rings. The molecule has 0 aliphatic heterocycles. The van der Waals surface area contributed by atoms with Crippen LogP contribution in [-0.4, -0.2) is 27.7 Å². The van der Waals surface area contributed by atoms with Gasteiger partial charge in [-0.15, -0.1) is 0 Å². The highest BCUT2D eigenvalue weighted by atomic mass is 16.3. The Labute approximate surface area is 120 Å². The van der Waals surface area contributed by atoms with E-state index in [0.29, 0.717) is 11.7 Å². The van der Waals surface area contributed by atoms with Gasteiger partial charge in [0.25, 0.3) is 0 Å². The molecule has 5 N–H and O–H groups in total. The number of nitrogens with two attached hydrogens (primary N) is 1. The summed E-state index contributed by atoms with van der Waals surface area (Å²) in [5.74, 6) is 8.33. The molecule has 20 heavy (non-hydrogen) atoms. The summed E-state index contributed by atoms with van der Waals surface area (Å²) >= 11 is 0. The number of nitrogens with one attached hydrogen (secondary N) is 2. The fourth-order valence-corrected chi connectivity index (χ4v) is 2.69. The molecule has 1 saturated carbocycles. The molecule has 0 amide bonds. The normalized spacial score (nSPS) is 22.3. The molecule has 0 spiro atoms. The van der Waals surface area contributed by atoms with Gasteiger partial charge < -0.3 is 15.8 Å². The lowest BCUT2D eigenvalue weighted by molar-refractivity contribution is 0.222. The molecule has 6 heteroatoms. The second-order valence-electron chi connectivity index (χ2n) is 5.83. The van der Waals surface area contributed by atoms with Crippen molar-refractivity contribution in [3.05, 3.63) is 11.4 Å². The Balaban J connectivity index is 2.28. The fraction of sp³-hybridized carbons (Fsp3) is 0.714. The van der Waals surface area contributed by atoms with Crippen molar-refractivity contribution in [3.63, 3.8) is 0 Å². The van der Waals surface area contributed by atoms with Gasteiger partial charge in [0.1, 0.15) is 17.5 Å². The van der Waals surface area contributed by atoms with Crippen molar-refractivity contribution in [2.45, 2.75) is 52.0 Å². The summed E-state index contributed by atoms with van der Waals surface area (Å²) in [6.45, 7) is 6.28. The lowest BCUT2D eigenvalue weighted by Crippen LogP contribution is -2.28. The van der Waals surface area contributed by atoms with Gasteiger partial charge in [-0.3, -0.25) is 0 Å². The SMILES string of the molecule is Cc1c(NN)nc(C(C)C)nc1NC1CCCC1CO. The van der Waals surface area contributed by atoms with Crippen molar-refractivity contribution in [3.8, 4) is 0 Å². The Morgan fingerprint density at radius 3 is 2.60 bits per heavy atom. The van der Waals surface area contributed by atoms with Gasteiger partial charge in [-0.2, -0.15) is 0 Å². The van der Waals surface area contributed by atoms with Crippen molar-refractivity contribution in [1.29, 1.82) is 0 Å². The maximum atomic E-state index is 9.42. The van der Waals surface area contributed by atoms with Crippen LogP contribution in [-0.2, 0) is 0 Å². The van der Waals surface area contributed by atoms with E-state index in [1.54, 1.807) is 0 Å². The standard InChI is InChI=1S/C14H25N5O/c1-8(2)12-17-13(9(3)14(18-12)19-15)16-11-6-4-5-10(11)7-20/h8,10-11,20H,4-7,15H2,1-3H3,(H2,16,17,18,19). The van der Waals surface area contributed by atoms with Gasteiger partial charge in [0.2, 0.25) is 0 Å². The van der Waals surface area contributed by atoms with Gasteiger partial charge in [-0.05, 0) is 19.8 Å². The van der Waals surface area contributed by atoms with Gasteiger partial charge in [0.05, 0.1) is 0 Å². The third-order valence-electron chi connectivity index (χ3n) is 4.03. The zero-order chi connectivity index (χ0) is 14.7. The number of hydrogen-bond acceptors (Lipinski definition) is 6. The van der Waals surface area contributed by atoms with Crippen LogP contribution in [0.4, 0.5) is 11.6 Å². The van der Waals surface area contributed by atoms with E-state index in [1.165, 1.54) is 0 Å². The second kappa shape index (κ2) is 6.37. The quantitative estimate of drug-likeness (QED) is 0.484. The van der Waals surface area contributed by atoms with Gasteiger partial charge in [0, 0.05) is 30.0 Å². The summed E-state index contributed by atoms with van der Waals surface area (Å²) in [5.41, 5.74) is 3.56. The zero-order valence-electron chi connectivity index (χ0n) is 12.5. The predicted molar refractivity (Wildman–Crippen MR) is 80.5 cm³/mol. The predicted octanol–water partition coefficient (Wildman–Crippen LogP) is 1.77. The third-order valence-corrected chi connectivity index (χ3v) is 4.03. The maximum Gasteiger partial charge on any atom is 0.148 e. The fourth-order valence-electron chi connectivity index (χ4n) is 2.69. The second-order valence-corrected chi connectivity index (χ2v) is 5.83. The molecule has 0 aromatic carbocycles. The summed E-state index contributed by atoms with van der Waals surface area (Å²) in [6, 6.07) is 0.277. The van der Waals surface area contributed by atoms with Gasteiger partial charge in [-0.25, -0.2) is 15.8 Å². The van der Waals surface area contributed by atoms with Crippen molar-refractivity contribution in [2.75, 3.05) is 17.3 Å². The van der Waals surface area contributed by atoms with E-state index in [0.717, 1.165) is 36.5 Å². The Morgan fingerprint density at radius 2 is 2.00 bits per heavy atom. The molecule has 1 aromatic heterocycles. The molecule has 1 aromatic rings. The smallest absolute Gasteiger partial charge is 0.148 e. The zero-order valence-corrected chi connectivity index (χ0v) is 12.5. The number of aliphatic hydroxyl groups is 1. The first-order valence-corrected chi connectivity index (χ1v) is 7.29. The van der Waals surface area contributed by atoms with Crippen LogP contribution in [0.1, 0.15) is 50.4 Å². The largest absolute Gasteiger partial charge is 0.396 e. The summed E-state index contributed by atoms with van der Waals surface area (Å²) in [7, 11) is 0. The molecule has 0 bridgehead atoms. The molecule has 1 heterocycles. The lowest BCUT2D eigenvalue weighted by atomic mass is 10.0. The molecule has 0 radical (unpaired) electrons. The average Bonchev–Trinajstić information content (AvgIpc) is 2.88. The van der Waals surface area contributed by atoms with Crippen molar-refractivity contribution in [1.82, 2.24) is 9.97 Å². The van der Waals surface area contributed by atoms with E-state index in [-0.39, 0.29) is 18.6 Å². The molecule has 6 nitrogen and oxygen atoms in total. The summed E-state index contributed by atoms with van der Waals surface area (Å²) < 4.78 is 0. The van der Waals surface area contributed by atoms with Crippen LogP contribution < -0.4 is 16.6 Å². The maximum absolute atomic E-state index is 9.42. The summed E-state index contributed by atoms with van der Waals surface area (Å²) in [5, 5.41) is 12.9. The van der Waals surface area contributed by atoms with E-state index in [2.05, 4.69) is 34.6 Å². The van der Waals surface area contributed by atoms with Crippen molar-refractivity contribution >= 4 is 11.6 Å². The van der Waals surface area contributed by atoms with Gasteiger partial charge in [-0.1, -0.05) is 20.3 Å². The van der Waals surface area contributed by atoms with Crippen LogP contribution in [0, 0.1) is 12.8 Å². The number of hydrazine groups is 1. The molecular weight excluding hydrogens is 254 g/mol. The van der Waals surface area contributed by atoms with Crippen LogP contribution in [0.3, 0.4) is 0 Å². The number of aliphatic hydroxyl groups excluding tert-OH is 1. The molecule has 2 unspecified atom stereocenters. The Hall–Kier alpha value is -1.40. The van der Waals surface area contributed by atoms with E-state index in [1.807, 2.05) is 6.92 Å². The van der Waals surface area contributed by atoms with Crippen LogP contribution >= 0.6 is 0 Å². The van der Waals surface area contributed by atoms with Gasteiger partial charge >= 0.3 is 0 Å². The first-order valence-electron chi connectivity index (χ1n) is 7.29. The summed E-state index contributed by atoms with van der Waals surface area (Å²) in [6.07, 6.45) is 3.28. The number of rotatable bonds is 5. The minimum atomic E-state index is 0.223. The highest BCUT2D eigenvalue weighted by molar-refractivity contribution is 5.57. The molecule has 2 rings (SSSR count). The van der Waals surface area contributed by atoms with Crippen LogP contribution in [0.5, 0.6) is 0 Å². The number of nitrogen functional groups attached to an aromatic ring is 1. The minimum absolute atomic E-state index is 0.223. The molecule has 0 saturated heterocycles. The highest BCUT2D eigenvalue weighted by Crippen LogP contribution is 2.30. The third kappa shape index (κ3) is 3.02. The van der Waals surface area contributed by atoms with Crippen molar-refractivity contribution < 1.29 is 5.11 Å². The van der Waals surface area contributed by atoms with E-state index >= 15 is 0 Å². The molecule has 112 valence electrons. The molecule has 2 atom stereocenters.